The van der Waals surface area contributed by atoms with E-state index in [9.17, 15) is 14.7 Å². The summed E-state index contributed by atoms with van der Waals surface area (Å²) in [6.45, 7) is 2.09. The third kappa shape index (κ3) is 3.89. The molecule has 1 atom stereocenters. The van der Waals surface area contributed by atoms with E-state index in [2.05, 4.69) is 17.6 Å². The Labute approximate surface area is 126 Å². The number of hydrogen-bond acceptors (Lipinski definition) is 2. The summed E-state index contributed by atoms with van der Waals surface area (Å²) in [4.78, 5) is 23.7. The van der Waals surface area contributed by atoms with Gasteiger partial charge in [0.05, 0.1) is 0 Å². The van der Waals surface area contributed by atoms with Gasteiger partial charge in [-0.2, -0.15) is 0 Å². The highest BCUT2D eigenvalue weighted by Gasteiger charge is 2.43. The van der Waals surface area contributed by atoms with Gasteiger partial charge in [-0.1, -0.05) is 39.0 Å². The van der Waals surface area contributed by atoms with Gasteiger partial charge in [0.1, 0.15) is 5.54 Å². The first-order valence-corrected chi connectivity index (χ1v) is 8.39. The summed E-state index contributed by atoms with van der Waals surface area (Å²) in [5.41, 5.74) is -1.05. The first-order valence-electron chi connectivity index (χ1n) is 8.39. The molecular formula is C16H28N2O3. The van der Waals surface area contributed by atoms with Gasteiger partial charge in [-0.15, -0.1) is 0 Å². The molecule has 2 fully saturated rings. The van der Waals surface area contributed by atoms with Crippen LogP contribution in [0.1, 0.15) is 71.1 Å². The molecule has 1 unspecified atom stereocenters. The lowest BCUT2D eigenvalue weighted by Crippen LogP contribution is -2.57. The summed E-state index contributed by atoms with van der Waals surface area (Å²) in [5, 5.41) is 15.2. The van der Waals surface area contributed by atoms with Crippen molar-refractivity contribution in [2.45, 2.75) is 82.7 Å². The van der Waals surface area contributed by atoms with Crippen molar-refractivity contribution in [1.29, 1.82) is 0 Å². The molecule has 2 saturated carbocycles. The molecule has 0 aromatic carbocycles. The van der Waals surface area contributed by atoms with Crippen molar-refractivity contribution in [2.24, 2.45) is 5.92 Å². The van der Waals surface area contributed by atoms with Crippen LogP contribution in [0.5, 0.6) is 0 Å². The highest BCUT2D eigenvalue weighted by atomic mass is 16.4. The van der Waals surface area contributed by atoms with E-state index in [1.165, 1.54) is 32.1 Å². The van der Waals surface area contributed by atoms with Crippen LogP contribution < -0.4 is 10.6 Å². The molecule has 0 aromatic rings. The van der Waals surface area contributed by atoms with E-state index in [1.807, 2.05) is 0 Å². The van der Waals surface area contributed by atoms with Gasteiger partial charge < -0.3 is 15.7 Å². The molecule has 21 heavy (non-hydrogen) atoms. The molecular weight excluding hydrogens is 268 g/mol. The molecule has 0 saturated heterocycles. The van der Waals surface area contributed by atoms with Gasteiger partial charge in [-0.25, -0.2) is 9.59 Å². The molecule has 0 spiro atoms. The van der Waals surface area contributed by atoms with E-state index in [-0.39, 0.29) is 12.1 Å². The van der Waals surface area contributed by atoms with Crippen molar-refractivity contribution < 1.29 is 14.7 Å². The maximum absolute atomic E-state index is 12.2. The zero-order valence-electron chi connectivity index (χ0n) is 13.0. The second-order valence-electron chi connectivity index (χ2n) is 6.61. The molecule has 0 aliphatic heterocycles. The average Bonchev–Trinajstić information content (AvgIpc) is 2.95. The van der Waals surface area contributed by atoms with Gasteiger partial charge in [-0.05, 0) is 38.0 Å². The van der Waals surface area contributed by atoms with Crippen LogP contribution in [0.4, 0.5) is 4.79 Å². The Balaban J connectivity index is 1.91. The zero-order valence-corrected chi connectivity index (χ0v) is 13.0. The van der Waals surface area contributed by atoms with Crippen LogP contribution in [0, 0.1) is 5.92 Å². The van der Waals surface area contributed by atoms with Crippen molar-refractivity contribution in [3.05, 3.63) is 0 Å². The molecule has 2 rings (SSSR count). The second kappa shape index (κ2) is 7.14. The van der Waals surface area contributed by atoms with E-state index >= 15 is 0 Å². The van der Waals surface area contributed by atoms with Crippen molar-refractivity contribution in [3.63, 3.8) is 0 Å². The third-order valence-electron chi connectivity index (χ3n) is 5.19. The summed E-state index contributed by atoms with van der Waals surface area (Å²) in [5.74, 6) is -0.361. The number of carboxylic acids is 1. The minimum Gasteiger partial charge on any atom is -0.480 e. The van der Waals surface area contributed by atoms with E-state index < -0.39 is 11.5 Å². The predicted molar refractivity (Wildman–Crippen MR) is 81.2 cm³/mol. The number of aliphatic carboxylic acids is 1. The van der Waals surface area contributed by atoms with E-state index in [0.29, 0.717) is 18.8 Å². The molecule has 5 nitrogen and oxygen atoms in total. The Morgan fingerprint density at radius 3 is 2.29 bits per heavy atom. The fraction of sp³-hybridized carbons (Fsp3) is 0.875. The molecule has 0 bridgehead atoms. The fourth-order valence-corrected chi connectivity index (χ4v) is 3.88. The van der Waals surface area contributed by atoms with Crippen LogP contribution in [-0.4, -0.2) is 28.7 Å². The summed E-state index contributed by atoms with van der Waals surface area (Å²) < 4.78 is 0. The Morgan fingerprint density at radius 2 is 1.76 bits per heavy atom. The molecule has 120 valence electrons. The Kier molecular flexibility index (Phi) is 5.48. The van der Waals surface area contributed by atoms with Crippen LogP contribution in [-0.2, 0) is 4.79 Å². The van der Waals surface area contributed by atoms with E-state index in [1.54, 1.807) is 0 Å². The molecule has 2 aliphatic rings. The lowest BCUT2D eigenvalue weighted by molar-refractivity contribution is -0.144. The summed E-state index contributed by atoms with van der Waals surface area (Å²) in [6, 6.07) is -0.144. The predicted octanol–water partition coefficient (Wildman–Crippen LogP) is 3.04. The standard InChI is InChI=1S/C16H28N2O3/c1-2-13(12-8-4-3-5-9-12)17-15(21)18-16(14(19)20)10-6-7-11-16/h12-13H,2-11H2,1H3,(H,19,20)(H2,17,18,21). The van der Waals surface area contributed by atoms with Gasteiger partial charge >= 0.3 is 12.0 Å². The number of urea groups is 1. The Morgan fingerprint density at radius 1 is 1.14 bits per heavy atom. The molecule has 0 aromatic heterocycles. The number of rotatable bonds is 5. The molecule has 2 aliphatic carbocycles. The summed E-state index contributed by atoms with van der Waals surface area (Å²) in [7, 11) is 0. The van der Waals surface area contributed by atoms with Crippen LogP contribution in [0.25, 0.3) is 0 Å². The molecule has 0 heterocycles. The monoisotopic (exact) mass is 296 g/mol. The van der Waals surface area contributed by atoms with Gasteiger partial charge in [0.2, 0.25) is 0 Å². The number of nitrogens with one attached hydrogen (secondary N) is 2. The molecule has 2 amide bonds. The highest BCUT2D eigenvalue weighted by Crippen LogP contribution is 2.30. The van der Waals surface area contributed by atoms with Crippen LogP contribution in [0.3, 0.4) is 0 Å². The topological polar surface area (TPSA) is 78.4 Å². The van der Waals surface area contributed by atoms with Crippen molar-refractivity contribution in [1.82, 2.24) is 10.6 Å². The SMILES string of the molecule is CCC(NC(=O)NC1(C(=O)O)CCCC1)C1CCCCC1. The minimum absolute atomic E-state index is 0.164. The largest absolute Gasteiger partial charge is 0.480 e. The third-order valence-corrected chi connectivity index (χ3v) is 5.19. The molecule has 3 N–H and O–H groups in total. The minimum atomic E-state index is -1.05. The Hall–Kier alpha value is -1.26. The van der Waals surface area contributed by atoms with Crippen molar-refractivity contribution in [3.8, 4) is 0 Å². The lowest BCUT2D eigenvalue weighted by atomic mass is 9.83. The van der Waals surface area contributed by atoms with E-state index in [0.717, 1.165) is 19.3 Å². The van der Waals surface area contributed by atoms with Crippen LogP contribution in [0.15, 0.2) is 0 Å². The van der Waals surface area contributed by atoms with Crippen LogP contribution >= 0.6 is 0 Å². The number of hydrogen-bond donors (Lipinski definition) is 3. The zero-order chi connectivity index (χ0) is 15.3. The normalized spacial score (nSPS) is 23.5. The smallest absolute Gasteiger partial charge is 0.329 e. The maximum atomic E-state index is 12.2. The number of carbonyl (C=O) groups is 2. The number of amides is 2. The first-order chi connectivity index (χ1) is 10.1. The second-order valence-corrected chi connectivity index (χ2v) is 6.61. The van der Waals surface area contributed by atoms with Gasteiger partial charge in [0, 0.05) is 6.04 Å². The van der Waals surface area contributed by atoms with E-state index in [4.69, 9.17) is 0 Å². The number of carbonyl (C=O) groups excluding carboxylic acids is 1. The van der Waals surface area contributed by atoms with Crippen molar-refractivity contribution in [2.75, 3.05) is 0 Å². The van der Waals surface area contributed by atoms with Gasteiger partial charge in [0.15, 0.2) is 0 Å². The lowest BCUT2D eigenvalue weighted by Gasteiger charge is -2.32. The van der Waals surface area contributed by atoms with Crippen molar-refractivity contribution >= 4 is 12.0 Å². The average molecular weight is 296 g/mol. The Bertz CT molecular complexity index is 372. The van der Waals surface area contributed by atoms with Gasteiger partial charge in [-0.3, -0.25) is 0 Å². The highest BCUT2D eigenvalue weighted by molar-refractivity contribution is 5.86. The summed E-state index contributed by atoms with van der Waals surface area (Å²) >= 11 is 0. The quantitative estimate of drug-likeness (QED) is 0.729. The van der Waals surface area contributed by atoms with Crippen LogP contribution in [0.2, 0.25) is 0 Å². The number of carboxylic acid groups (broad SMARTS) is 1. The molecule has 0 radical (unpaired) electrons. The summed E-state index contributed by atoms with van der Waals surface area (Å²) in [6.07, 6.45) is 9.82. The first kappa shape index (κ1) is 16.1. The maximum Gasteiger partial charge on any atom is 0.329 e. The molecule has 5 heteroatoms. The fourth-order valence-electron chi connectivity index (χ4n) is 3.88. The van der Waals surface area contributed by atoms with Gasteiger partial charge in [0.25, 0.3) is 0 Å².